The summed E-state index contributed by atoms with van der Waals surface area (Å²) in [6.07, 6.45) is 1.25. The molecule has 0 atom stereocenters. The highest BCUT2D eigenvalue weighted by Gasteiger charge is 2.37. The number of likely N-dealkylation sites (tertiary alicyclic amines) is 1. The van der Waals surface area contributed by atoms with E-state index in [4.69, 9.17) is 19.9 Å². The number of urea groups is 1. The van der Waals surface area contributed by atoms with E-state index in [1.165, 1.54) is 27.4 Å². The zero-order chi connectivity index (χ0) is 17.1. The third-order valence-corrected chi connectivity index (χ3v) is 3.35. The van der Waals surface area contributed by atoms with Crippen LogP contribution in [0.2, 0.25) is 0 Å². The van der Waals surface area contributed by atoms with Gasteiger partial charge in [-0.1, -0.05) is 0 Å². The van der Waals surface area contributed by atoms with E-state index in [0.29, 0.717) is 27.7 Å². The Kier molecular flexibility index (Phi) is 4.54. The normalized spacial score (nSPS) is 16.0. The van der Waals surface area contributed by atoms with Crippen LogP contribution in [0.5, 0.6) is 17.2 Å². The van der Waals surface area contributed by atoms with Crippen molar-refractivity contribution in [3.63, 3.8) is 0 Å². The van der Waals surface area contributed by atoms with Gasteiger partial charge in [0.2, 0.25) is 11.7 Å². The quantitative estimate of drug-likeness (QED) is 0.653. The van der Waals surface area contributed by atoms with E-state index < -0.39 is 17.8 Å². The van der Waals surface area contributed by atoms with Gasteiger partial charge < -0.3 is 19.9 Å². The SMILES string of the molecule is COc1ccc(C=C2CC(=O)N(C(N)=O)C2=O)c(OC)c1OC. The zero-order valence-electron chi connectivity index (χ0n) is 12.9. The number of primary amides is 1. The Labute approximate surface area is 132 Å². The number of carbonyl (C=O) groups excluding carboxylic acids is 3. The molecule has 0 aliphatic carbocycles. The van der Waals surface area contributed by atoms with Gasteiger partial charge in [0.25, 0.3) is 5.91 Å². The predicted octanol–water partition coefficient (Wildman–Crippen LogP) is 0.933. The number of hydrogen-bond donors (Lipinski definition) is 1. The van der Waals surface area contributed by atoms with E-state index in [2.05, 4.69) is 0 Å². The minimum atomic E-state index is -1.09. The molecule has 8 nitrogen and oxygen atoms in total. The number of rotatable bonds is 4. The van der Waals surface area contributed by atoms with Crippen molar-refractivity contribution in [2.75, 3.05) is 21.3 Å². The first-order valence-corrected chi connectivity index (χ1v) is 6.60. The van der Waals surface area contributed by atoms with Gasteiger partial charge in [-0.15, -0.1) is 0 Å². The molecule has 1 heterocycles. The predicted molar refractivity (Wildman–Crippen MR) is 80.1 cm³/mol. The maximum Gasteiger partial charge on any atom is 0.328 e. The van der Waals surface area contributed by atoms with Crippen molar-refractivity contribution in [2.24, 2.45) is 5.73 Å². The summed E-state index contributed by atoms with van der Waals surface area (Å²) in [6, 6.07) is 2.20. The molecule has 2 N–H and O–H groups in total. The molecule has 0 spiro atoms. The van der Waals surface area contributed by atoms with E-state index in [-0.39, 0.29) is 12.0 Å². The van der Waals surface area contributed by atoms with Gasteiger partial charge in [0, 0.05) is 11.1 Å². The molecule has 1 aromatic carbocycles. The van der Waals surface area contributed by atoms with Crippen LogP contribution in [0.3, 0.4) is 0 Å². The number of carbonyl (C=O) groups is 3. The highest BCUT2D eigenvalue weighted by Crippen LogP contribution is 2.41. The van der Waals surface area contributed by atoms with Gasteiger partial charge in [-0.3, -0.25) is 9.59 Å². The van der Waals surface area contributed by atoms with E-state index >= 15 is 0 Å². The molecule has 1 aliphatic heterocycles. The molecule has 0 saturated carbocycles. The van der Waals surface area contributed by atoms with Gasteiger partial charge in [0.1, 0.15) is 0 Å². The van der Waals surface area contributed by atoms with Crippen LogP contribution in [-0.2, 0) is 9.59 Å². The summed E-state index contributed by atoms with van der Waals surface area (Å²) in [5.74, 6) is -0.239. The smallest absolute Gasteiger partial charge is 0.328 e. The molecule has 1 saturated heterocycles. The minimum Gasteiger partial charge on any atom is -0.493 e. The standard InChI is InChI=1S/C15H16N2O6/c1-21-10-5-4-8(12(22-2)13(10)23-3)6-9-7-11(18)17(14(9)19)15(16)20/h4-6H,7H2,1-3H3,(H2,16,20). The molecule has 122 valence electrons. The highest BCUT2D eigenvalue weighted by molar-refractivity contribution is 6.23. The molecule has 0 bridgehead atoms. The van der Waals surface area contributed by atoms with Gasteiger partial charge in [-0.05, 0) is 18.2 Å². The average Bonchev–Trinajstić information content (AvgIpc) is 2.80. The number of ether oxygens (including phenoxy) is 3. The molecular weight excluding hydrogens is 304 g/mol. The van der Waals surface area contributed by atoms with Gasteiger partial charge in [0.15, 0.2) is 11.5 Å². The maximum atomic E-state index is 12.1. The summed E-state index contributed by atoms with van der Waals surface area (Å²) in [4.78, 5) is 35.3. The van der Waals surface area contributed by atoms with Crippen molar-refractivity contribution in [1.82, 2.24) is 4.90 Å². The summed E-state index contributed by atoms with van der Waals surface area (Å²) >= 11 is 0. The van der Waals surface area contributed by atoms with Crippen LogP contribution in [0, 0.1) is 0 Å². The van der Waals surface area contributed by atoms with Crippen LogP contribution in [-0.4, -0.2) is 44.1 Å². The highest BCUT2D eigenvalue weighted by atomic mass is 16.5. The topological polar surface area (TPSA) is 108 Å². The fourth-order valence-electron chi connectivity index (χ4n) is 2.34. The van der Waals surface area contributed by atoms with Crippen LogP contribution in [0.25, 0.3) is 6.08 Å². The lowest BCUT2D eigenvalue weighted by Gasteiger charge is -2.14. The fraction of sp³-hybridized carbons (Fsp3) is 0.267. The summed E-state index contributed by atoms with van der Waals surface area (Å²) < 4.78 is 15.7. The Bertz CT molecular complexity index is 710. The first-order valence-electron chi connectivity index (χ1n) is 6.60. The first-order chi connectivity index (χ1) is 10.9. The van der Waals surface area contributed by atoms with Crippen molar-refractivity contribution in [3.8, 4) is 17.2 Å². The molecule has 8 heteroatoms. The van der Waals surface area contributed by atoms with Crippen molar-refractivity contribution in [3.05, 3.63) is 23.3 Å². The van der Waals surface area contributed by atoms with Gasteiger partial charge in [0.05, 0.1) is 27.8 Å². The second-order valence-corrected chi connectivity index (χ2v) is 4.64. The van der Waals surface area contributed by atoms with Crippen molar-refractivity contribution in [2.45, 2.75) is 6.42 Å². The zero-order valence-corrected chi connectivity index (χ0v) is 12.9. The number of amides is 4. The van der Waals surface area contributed by atoms with Crippen molar-refractivity contribution < 1.29 is 28.6 Å². The molecule has 23 heavy (non-hydrogen) atoms. The molecule has 1 aliphatic rings. The van der Waals surface area contributed by atoms with E-state index in [1.54, 1.807) is 12.1 Å². The van der Waals surface area contributed by atoms with Crippen molar-refractivity contribution in [1.29, 1.82) is 0 Å². The van der Waals surface area contributed by atoms with Crippen LogP contribution >= 0.6 is 0 Å². The summed E-state index contributed by atoms with van der Waals surface area (Å²) in [5.41, 5.74) is 5.68. The largest absolute Gasteiger partial charge is 0.493 e. The average molecular weight is 320 g/mol. The molecule has 2 rings (SSSR count). The van der Waals surface area contributed by atoms with Crippen LogP contribution in [0.1, 0.15) is 12.0 Å². The van der Waals surface area contributed by atoms with E-state index in [1.807, 2.05) is 0 Å². The second-order valence-electron chi connectivity index (χ2n) is 4.64. The fourth-order valence-corrected chi connectivity index (χ4v) is 2.34. The number of imide groups is 3. The van der Waals surface area contributed by atoms with Crippen LogP contribution < -0.4 is 19.9 Å². The Morgan fingerprint density at radius 2 is 1.78 bits per heavy atom. The van der Waals surface area contributed by atoms with E-state index in [0.717, 1.165) is 0 Å². The molecule has 0 unspecified atom stereocenters. The Balaban J connectivity index is 2.50. The lowest BCUT2D eigenvalue weighted by atomic mass is 10.1. The number of nitrogens with two attached hydrogens (primary N) is 1. The number of methoxy groups -OCH3 is 3. The Hall–Kier alpha value is -3.03. The number of hydrogen-bond acceptors (Lipinski definition) is 6. The summed E-state index contributed by atoms with van der Waals surface area (Å²) in [7, 11) is 4.38. The van der Waals surface area contributed by atoms with Crippen LogP contribution in [0.4, 0.5) is 4.79 Å². The third kappa shape index (κ3) is 2.83. The number of benzene rings is 1. The van der Waals surface area contributed by atoms with Crippen molar-refractivity contribution >= 4 is 23.9 Å². The van der Waals surface area contributed by atoms with Gasteiger partial charge in [-0.25, -0.2) is 4.79 Å². The third-order valence-electron chi connectivity index (χ3n) is 3.35. The monoisotopic (exact) mass is 320 g/mol. The lowest BCUT2D eigenvalue weighted by Crippen LogP contribution is -2.39. The maximum absolute atomic E-state index is 12.1. The molecule has 0 radical (unpaired) electrons. The summed E-state index contributed by atoms with van der Waals surface area (Å²) in [5, 5.41) is 0. The lowest BCUT2D eigenvalue weighted by molar-refractivity contribution is -0.133. The Morgan fingerprint density at radius 1 is 1.13 bits per heavy atom. The number of nitrogens with zero attached hydrogens (tertiary/aromatic N) is 1. The molecular formula is C15H16N2O6. The van der Waals surface area contributed by atoms with Crippen LogP contribution in [0.15, 0.2) is 17.7 Å². The first kappa shape index (κ1) is 16.3. The molecule has 4 amide bonds. The molecule has 1 aromatic rings. The summed E-state index contributed by atoms with van der Waals surface area (Å²) in [6.45, 7) is 0. The van der Waals surface area contributed by atoms with Gasteiger partial charge >= 0.3 is 6.03 Å². The molecule has 0 aromatic heterocycles. The second kappa shape index (κ2) is 6.39. The minimum absolute atomic E-state index is 0.138. The van der Waals surface area contributed by atoms with Gasteiger partial charge in [-0.2, -0.15) is 4.90 Å². The van der Waals surface area contributed by atoms with E-state index in [9.17, 15) is 14.4 Å². The Morgan fingerprint density at radius 3 is 2.26 bits per heavy atom. The molecule has 1 fully saturated rings.